The number of carbonyl (C=O) groups excluding carboxylic acids is 2. The summed E-state index contributed by atoms with van der Waals surface area (Å²) in [5.74, 6) is -0.781. The number of carbonyl (C=O) groups is 2. The summed E-state index contributed by atoms with van der Waals surface area (Å²) in [4.78, 5) is 28.4. The zero-order valence-electron chi connectivity index (χ0n) is 16.0. The van der Waals surface area contributed by atoms with E-state index in [1.54, 1.807) is 6.07 Å². The Morgan fingerprint density at radius 3 is 2.69 bits per heavy atom. The first-order valence-electron chi connectivity index (χ1n) is 9.06. The molecule has 0 bridgehead atoms. The van der Waals surface area contributed by atoms with Gasteiger partial charge in [0.05, 0.1) is 6.42 Å². The standard InChI is InChI=1S/C21H20FN3O4/c1-13-4-3-5-17(12-13)23-21(27)14(2)28-19(26)11-10-18-24-20(25-29-18)15-6-8-16(22)9-7-15/h3-9,12,14H,10-11H2,1-2H3,(H,23,27). The van der Waals surface area contributed by atoms with Crippen molar-refractivity contribution >= 4 is 17.6 Å². The van der Waals surface area contributed by atoms with Crippen molar-refractivity contribution in [3.63, 3.8) is 0 Å². The van der Waals surface area contributed by atoms with Crippen LogP contribution >= 0.6 is 0 Å². The van der Waals surface area contributed by atoms with Crippen LogP contribution in [0.4, 0.5) is 10.1 Å². The van der Waals surface area contributed by atoms with Gasteiger partial charge in [-0.2, -0.15) is 4.98 Å². The van der Waals surface area contributed by atoms with Gasteiger partial charge in [0.2, 0.25) is 11.7 Å². The lowest BCUT2D eigenvalue weighted by molar-refractivity contribution is -0.153. The van der Waals surface area contributed by atoms with E-state index in [0.29, 0.717) is 17.1 Å². The number of anilines is 1. The summed E-state index contributed by atoms with van der Waals surface area (Å²) in [6.45, 7) is 3.42. The van der Waals surface area contributed by atoms with E-state index in [1.807, 2.05) is 25.1 Å². The fourth-order valence-electron chi connectivity index (χ4n) is 2.56. The van der Waals surface area contributed by atoms with Crippen molar-refractivity contribution in [2.24, 2.45) is 0 Å². The molecule has 1 aromatic heterocycles. The van der Waals surface area contributed by atoms with Crippen LogP contribution in [0.5, 0.6) is 0 Å². The minimum absolute atomic E-state index is 0.0207. The second kappa shape index (κ2) is 9.09. The minimum atomic E-state index is -0.944. The van der Waals surface area contributed by atoms with Gasteiger partial charge in [-0.1, -0.05) is 17.3 Å². The Morgan fingerprint density at radius 1 is 1.21 bits per heavy atom. The highest BCUT2D eigenvalue weighted by Crippen LogP contribution is 2.17. The van der Waals surface area contributed by atoms with E-state index < -0.39 is 18.0 Å². The molecule has 1 amide bonds. The van der Waals surface area contributed by atoms with Gasteiger partial charge < -0.3 is 14.6 Å². The lowest BCUT2D eigenvalue weighted by atomic mass is 10.2. The number of aryl methyl sites for hydroxylation is 2. The SMILES string of the molecule is Cc1cccc(NC(=O)C(C)OC(=O)CCc2nc(-c3ccc(F)cc3)no2)c1. The molecule has 29 heavy (non-hydrogen) atoms. The quantitative estimate of drug-likeness (QED) is 0.611. The number of esters is 1. The molecule has 0 saturated heterocycles. The van der Waals surface area contributed by atoms with Gasteiger partial charge in [-0.05, 0) is 55.8 Å². The van der Waals surface area contributed by atoms with Gasteiger partial charge in [0.15, 0.2) is 6.10 Å². The number of hydrogen-bond donors (Lipinski definition) is 1. The fraction of sp³-hybridized carbons (Fsp3) is 0.238. The summed E-state index contributed by atoms with van der Waals surface area (Å²) in [6.07, 6.45) is -0.799. The van der Waals surface area contributed by atoms with Gasteiger partial charge >= 0.3 is 5.97 Å². The molecule has 2 aromatic carbocycles. The molecular weight excluding hydrogens is 377 g/mol. The number of ether oxygens (including phenoxy) is 1. The van der Waals surface area contributed by atoms with Crippen LogP contribution in [0, 0.1) is 12.7 Å². The molecule has 150 valence electrons. The third-order valence-corrected chi connectivity index (χ3v) is 4.08. The smallest absolute Gasteiger partial charge is 0.307 e. The van der Waals surface area contributed by atoms with Crippen molar-refractivity contribution in [3.05, 3.63) is 65.8 Å². The van der Waals surface area contributed by atoms with Crippen molar-refractivity contribution in [2.45, 2.75) is 32.8 Å². The molecule has 0 aliphatic rings. The second-order valence-corrected chi connectivity index (χ2v) is 6.51. The Labute approximate surface area is 166 Å². The normalized spacial score (nSPS) is 11.7. The first-order valence-corrected chi connectivity index (χ1v) is 9.06. The molecule has 1 heterocycles. The van der Waals surface area contributed by atoms with Crippen LogP contribution in [-0.4, -0.2) is 28.1 Å². The second-order valence-electron chi connectivity index (χ2n) is 6.51. The summed E-state index contributed by atoms with van der Waals surface area (Å²) >= 11 is 0. The number of halogens is 1. The lowest BCUT2D eigenvalue weighted by Crippen LogP contribution is -2.30. The van der Waals surface area contributed by atoms with Gasteiger partial charge in [0, 0.05) is 17.7 Å². The van der Waals surface area contributed by atoms with Gasteiger partial charge in [0.25, 0.3) is 5.91 Å². The molecule has 1 atom stereocenters. The molecule has 7 nitrogen and oxygen atoms in total. The van der Waals surface area contributed by atoms with Crippen LogP contribution in [0.25, 0.3) is 11.4 Å². The van der Waals surface area contributed by atoms with Crippen LogP contribution in [-0.2, 0) is 20.7 Å². The number of nitrogens with zero attached hydrogens (tertiary/aromatic N) is 2. The Hall–Kier alpha value is -3.55. The Kier molecular flexibility index (Phi) is 6.33. The van der Waals surface area contributed by atoms with Crippen molar-refractivity contribution in [3.8, 4) is 11.4 Å². The zero-order chi connectivity index (χ0) is 20.8. The molecule has 0 radical (unpaired) electrons. The van der Waals surface area contributed by atoms with E-state index >= 15 is 0 Å². The van der Waals surface area contributed by atoms with E-state index in [4.69, 9.17) is 9.26 Å². The highest BCUT2D eigenvalue weighted by Gasteiger charge is 2.19. The Morgan fingerprint density at radius 2 is 1.97 bits per heavy atom. The van der Waals surface area contributed by atoms with Gasteiger partial charge in [-0.15, -0.1) is 0 Å². The van der Waals surface area contributed by atoms with Crippen LogP contribution in [0.3, 0.4) is 0 Å². The fourth-order valence-corrected chi connectivity index (χ4v) is 2.56. The number of amides is 1. The summed E-state index contributed by atoms with van der Waals surface area (Å²) in [5.41, 5.74) is 2.24. The minimum Gasteiger partial charge on any atom is -0.453 e. The van der Waals surface area contributed by atoms with E-state index in [9.17, 15) is 14.0 Å². The first-order chi connectivity index (χ1) is 13.9. The summed E-state index contributed by atoms with van der Waals surface area (Å²) in [7, 11) is 0. The first kappa shape index (κ1) is 20.2. The van der Waals surface area contributed by atoms with E-state index in [0.717, 1.165) is 5.56 Å². The topological polar surface area (TPSA) is 94.3 Å². The third kappa shape index (κ3) is 5.71. The predicted molar refractivity (Wildman–Crippen MR) is 103 cm³/mol. The lowest BCUT2D eigenvalue weighted by Gasteiger charge is -2.13. The molecule has 0 spiro atoms. The molecule has 0 aliphatic heterocycles. The highest BCUT2D eigenvalue weighted by molar-refractivity contribution is 5.95. The highest BCUT2D eigenvalue weighted by atomic mass is 19.1. The predicted octanol–water partition coefficient (Wildman–Crippen LogP) is 3.69. The molecule has 0 aliphatic carbocycles. The van der Waals surface area contributed by atoms with Crippen LogP contribution < -0.4 is 5.32 Å². The van der Waals surface area contributed by atoms with Crippen molar-refractivity contribution in [2.75, 3.05) is 5.32 Å². The molecule has 1 unspecified atom stereocenters. The molecule has 0 fully saturated rings. The van der Waals surface area contributed by atoms with Crippen LogP contribution in [0.15, 0.2) is 53.1 Å². The van der Waals surface area contributed by atoms with E-state index in [1.165, 1.54) is 31.2 Å². The molecule has 3 aromatic rings. The maximum atomic E-state index is 13.0. The molecular formula is C21H20FN3O4. The average Bonchev–Trinajstić information content (AvgIpc) is 3.16. The molecule has 8 heteroatoms. The number of benzene rings is 2. The zero-order valence-corrected chi connectivity index (χ0v) is 16.0. The van der Waals surface area contributed by atoms with Crippen molar-refractivity contribution in [1.29, 1.82) is 0 Å². The maximum Gasteiger partial charge on any atom is 0.307 e. The molecule has 0 saturated carbocycles. The van der Waals surface area contributed by atoms with Gasteiger partial charge in [0.1, 0.15) is 5.82 Å². The third-order valence-electron chi connectivity index (χ3n) is 4.08. The number of rotatable bonds is 7. The monoisotopic (exact) mass is 397 g/mol. The Balaban J connectivity index is 1.48. The molecule has 3 rings (SSSR count). The van der Waals surface area contributed by atoms with E-state index in [2.05, 4.69) is 15.5 Å². The number of nitrogens with one attached hydrogen (secondary N) is 1. The van der Waals surface area contributed by atoms with E-state index in [-0.39, 0.29) is 24.5 Å². The summed E-state index contributed by atoms with van der Waals surface area (Å²) in [5, 5.41) is 6.52. The average molecular weight is 397 g/mol. The van der Waals surface area contributed by atoms with Crippen LogP contribution in [0.1, 0.15) is 24.8 Å². The largest absolute Gasteiger partial charge is 0.453 e. The van der Waals surface area contributed by atoms with Crippen molar-refractivity contribution in [1.82, 2.24) is 10.1 Å². The van der Waals surface area contributed by atoms with Crippen LogP contribution in [0.2, 0.25) is 0 Å². The maximum absolute atomic E-state index is 13.0. The molecule has 1 N–H and O–H groups in total. The van der Waals surface area contributed by atoms with Gasteiger partial charge in [-0.25, -0.2) is 4.39 Å². The number of aromatic nitrogens is 2. The van der Waals surface area contributed by atoms with Gasteiger partial charge in [-0.3, -0.25) is 9.59 Å². The summed E-state index contributed by atoms with van der Waals surface area (Å²) in [6, 6.07) is 13.0. The Bertz CT molecular complexity index is 1000. The summed E-state index contributed by atoms with van der Waals surface area (Å²) < 4.78 is 23.2. The van der Waals surface area contributed by atoms with Crippen molar-refractivity contribution < 1.29 is 23.2 Å². The number of hydrogen-bond acceptors (Lipinski definition) is 6.